The Hall–Kier alpha value is -2.04. The predicted octanol–water partition coefficient (Wildman–Crippen LogP) is 6.52. The first-order valence-electron chi connectivity index (χ1n) is 12.6. The van der Waals surface area contributed by atoms with Crippen molar-refractivity contribution in [3.05, 3.63) is 59.7 Å². The SMILES string of the molecule is CCC(C)CC(O)COc1ccc(C(C)(C)c2ccc(OC(CC)(CC)C3CO3)cc2)cc1. The Balaban J connectivity index is 1.63. The molecule has 2 aromatic rings. The van der Waals surface area contributed by atoms with Crippen LogP contribution in [0.15, 0.2) is 48.5 Å². The van der Waals surface area contributed by atoms with E-state index >= 15 is 0 Å². The Kier molecular flexibility index (Phi) is 8.47. The molecule has 1 saturated heterocycles. The van der Waals surface area contributed by atoms with Gasteiger partial charge in [0.15, 0.2) is 0 Å². The van der Waals surface area contributed by atoms with E-state index in [4.69, 9.17) is 14.2 Å². The molecule has 1 fully saturated rings. The molecule has 1 aliphatic rings. The van der Waals surface area contributed by atoms with Gasteiger partial charge in [0.1, 0.15) is 29.8 Å². The van der Waals surface area contributed by atoms with Crippen LogP contribution in [0.5, 0.6) is 11.5 Å². The number of aliphatic hydroxyl groups excluding tert-OH is 1. The van der Waals surface area contributed by atoms with Crippen LogP contribution in [-0.4, -0.2) is 36.1 Å². The molecule has 33 heavy (non-hydrogen) atoms. The zero-order chi connectivity index (χ0) is 24.1. The van der Waals surface area contributed by atoms with Crippen LogP contribution in [0.3, 0.4) is 0 Å². The molecule has 4 nitrogen and oxygen atoms in total. The summed E-state index contributed by atoms with van der Waals surface area (Å²) < 4.78 is 17.8. The molecule has 182 valence electrons. The summed E-state index contributed by atoms with van der Waals surface area (Å²) in [5.74, 6) is 2.19. The molecule has 4 heteroatoms. The number of hydrogen-bond donors (Lipinski definition) is 1. The number of hydrogen-bond acceptors (Lipinski definition) is 4. The average molecular weight is 455 g/mol. The molecule has 0 bridgehead atoms. The lowest BCUT2D eigenvalue weighted by molar-refractivity contribution is 0.0301. The van der Waals surface area contributed by atoms with Gasteiger partial charge in [0.2, 0.25) is 0 Å². The van der Waals surface area contributed by atoms with Crippen LogP contribution in [-0.2, 0) is 10.2 Å². The molecule has 0 radical (unpaired) electrons. The van der Waals surface area contributed by atoms with E-state index in [9.17, 15) is 5.11 Å². The van der Waals surface area contributed by atoms with E-state index in [1.54, 1.807) is 0 Å². The first-order valence-corrected chi connectivity index (χ1v) is 12.6. The van der Waals surface area contributed by atoms with Gasteiger partial charge in [0.05, 0.1) is 12.7 Å². The van der Waals surface area contributed by atoms with Crippen molar-refractivity contribution in [1.29, 1.82) is 0 Å². The Morgan fingerprint density at radius 2 is 1.45 bits per heavy atom. The monoisotopic (exact) mass is 454 g/mol. The van der Waals surface area contributed by atoms with Crippen LogP contribution in [0, 0.1) is 5.92 Å². The van der Waals surface area contributed by atoms with Crippen molar-refractivity contribution in [2.45, 2.75) is 90.4 Å². The van der Waals surface area contributed by atoms with Crippen LogP contribution in [0.25, 0.3) is 0 Å². The maximum absolute atomic E-state index is 10.2. The first kappa shape index (κ1) is 25.6. The van der Waals surface area contributed by atoms with Gasteiger partial charge in [0.25, 0.3) is 0 Å². The third-order valence-electron chi connectivity index (χ3n) is 7.40. The summed E-state index contributed by atoms with van der Waals surface area (Å²) in [6.07, 6.45) is 3.49. The lowest BCUT2D eigenvalue weighted by Gasteiger charge is -2.32. The van der Waals surface area contributed by atoms with Gasteiger partial charge in [-0.15, -0.1) is 0 Å². The number of rotatable bonds is 13. The molecule has 0 amide bonds. The summed E-state index contributed by atoms with van der Waals surface area (Å²) in [5, 5.41) is 10.2. The third kappa shape index (κ3) is 6.30. The minimum Gasteiger partial charge on any atom is -0.491 e. The second kappa shape index (κ2) is 10.9. The summed E-state index contributed by atoms with van der Waals surface area (Å²) in [4.78, 5) is 0. The fourth-order valence-corrected chi connectivity index (χ4v) is 4.47. The Bertz CT molecular complexity index is 848. The molecule has 3 atom stereocenters. The first-order chi connectivity index (χ1) is 15.7. The van der Waals surface area contributed by atoms with Gasteiger partial charge < -0.3 is 19.3 Å². The van der Waals surface area contributed by atoms with Crippen molar-refractivity contribution in [2.75, 3.05) is 13.2 Å². The number of epoxide rings is 1. The van der Waals surface area contributed by atoms with E-state index in [1.807, 2.05) is 12.1 Å². The molecular formula is C29H42O4. The van der Waals surface area contributed by atoms with Crippen molar-refractivity contribution in [3.63, 3.8) is 0 Å². The summed E-state index contributed by atoms with van der Waals surface area (Å²) in [5.41, 5.74) is 2.06. The topological polar surface area (TPSA) is 51.2 Å². The van der Waals surface area contributed by atoms with Gasteiger partial charge in [-0.1, -0.05) is 72.2 Å². The highest BCUT2D eigenvalue weighted by Crippen LogP contribution is 2.37. The summed E-state index contributed by atoms with van der Waals surface area (Å²) in [7, 11) is 0. The summed E-state index contributed by atoms with van der Waals surface area (Å²) in [6, 6.07) is 16.7. The van der Waals surface area contributed by atoms with Crippen molar-refractivity contribution >= 4 is 0 Å². The highest BCUT2D eigenvalue weighted by atomic mass is 16.6. The van der Waals surface area contributed by atoms with E-state index in [2.05, 4.69) is 77.9 Å². The van der Waals surface area contributed by atoms with Crippen LogP contribution < -0.4 is 9.47 Å². The van der Waals surface area contributed by atoms with E-state index in [0.717, 1.165) is 43.8 Å². The third-order valence-corrected chi connectivity index (χ3v) is 7.40. The molecule has 0 spiro atoms. The number of ether oxygens (including phenoxy) is 3. The molecular weight excluding hydrogens is 412 g/mol. The number of benzene rings is 2. The molecule has 3 unspecified atom stereocenters. The Morgan fingerprint density at radius 1 is 0.939 bits per heavy atom. The smallest absolute Gasteiger partial charge is 0.137 e. The number of aliphatic hydroxyl groups is 1. The van der Waals surface area contributed by atoms with Gasteiger partial charge in [-0.25, -0.2) is 0 Å². The molecule has 0 aliphatic carbocycles. The second-order valence-electron chi connectivity index (χ2n) is 10.1. The quantitative estimate of drug-likeness (QED) is 0.350. The maximum Gasteiger partial charge on any atom is 0.137 e. The summed E-state index contributed by atoms with van der Waals surface area (Å²) >= 11 is 0. The van der Waals surface area contributed by atoms with Crippen molar-refractivity contribution in [3.8, 4) is 11.5 Å². The lowest BCUT2D eigenvalue weighted by atomic mass is 9.78. The standard InChI is InChI=1S/C29H42O4/c1-7-21(4)18-24(30)19-31-25-14-10-22(11-15-25)28(5,6)23-12-16-26(17-13-23)33-29(8-2,9-3)27-20-32-27/h10-17,21,24,27,30H,7-9,18-20H2,1-6H3. The minimum atomic E-state index is -0.428. The van der Waals surface area contributed by atoms with Crippen LogP contribution >= 0.6 is 0 Å². The fourth-order valence-electron chi connectivity index (χ4n) is 4.47. The van der Waals surface area contributed by atoms with E-state index in [-0.39, 0.29) is 17.1 Å². The summed E-state index contributed by atoms with van der Waals surface area (Å²) in [6.45, 7) is 14.2. The van der Waals surface area contributed by atoms with E-state index in [0.29, 0.717) is 12.5 Å². The molecule has 0 saturated carbocycles. The minimum absolute atomic E-state index is 0.153. The Labute approximate surface area is 200 Å². The van der Waals surface area contributed by atoms with Crippen molar-refractivity contribution < 1.29 is 19.3 Å². The molecule has 1 N–H and O–H groups in total. The van der Waals surface area contributed by atoms with Gasteiger partial charge in [-0.05, 0) is 60.6 Å². The Morgan fingerprint density at radius 3 is 1.91 bits per heavy atom. The molecule has 2 aromatic carbocycles. The van der Waals surface area contributed by atoms with Gasteiger partial charge in [-0.3, -0.25) is 0 Å². The van der Waals surface area contributed by atoms with Crippen molar-refractivity contribution in [1.82, 2.24) is 0 Å². The van der Waals surface area contributed by atoms with Gasteiger partial charge >= 0.3 is 0 Å². The molecule has 0 aromatic heterocycles. The van der Waals surface area contributed by atoms with Gasteiger partial charge in [-0.2, -0.15) is 0 Å². The molecule has 3 rings (SSSR count). The van der Waals surface area contributed by atoms with Crippen LogP contribution in [0.1, 0.15) is 78.4 Å². The van der Waals surface area contributed by atoms with Crippen LogP contribution in [0.2, 0.25) is 0 Å². The van der Waals surface area contributed by atoms with Gasteiger partial charge in [0, 0.05) is 5.41 Å². The van der Waals surface area contributed by atoms with Crippen LogP contribution in [0.4, 0.5) is 0 Å². The highest BCUT2D eigenvalue weighted by molar-refractivity contribution is 5.42. The molecule has 1 heterocycles. The van der Waals surface area contributed by atoms with Crippen molar-refractivity contribution in [2.24, 2.45) is 5.92 Å². The maximum atomic E-state index is 10.2. The zero-order valence-corrected chi connectivity index (χ0v) is 21.3. The lowest BCUT2D eigenvalue weighted by Crippen LogP contribution is -2.40. The average Bonchev–Trinajstić information content (AvgIpc) is 3.68. The zero-order valence-electron chi connectivity index (χ0n) is 21.3. The van der Waals surface area contributed by atoms with E-state index < -0.39 is 6.10 Å². The largest absolute Gasteiger partial charge is 0.491 e. The second-order valence-corrected chi connectivity index (χ2v) is 10.1. The van der Waals surface area contributed by atoms with E-state index in [1.165, 1.54) is 11.1 Å². The fraction of sp³-hybridized carbons (Fsp3) is 0.586. The normalized spacial score (nSPS) is 18.0. The predicted molar refractivity (Wildman–Crippen MR) is 134 cm³/mol. The highest BCUT2D eigenvalue weighted by Gasteiger charge is 2.46. The molecule has 1 aliphatic heterocycles.